The van der Waals surface area contributed by atoms with Gasteiger partial charge in [0.2, 0.25) is 0 Å². The fraction of sp³-hybridized carbons (Fsp3) is 0.130. The summed E-state index contributed by atoms with van der Waals surface area (Å²) in [6.07, 6.45) is 5.42. The van der Waals surface area contributed by atoms with Gasteiger partial charge in [0, 0.05) is 15.8 Å². The lowest BCUT2D eigenvalue weighted by molar-refractivity contribution is -0.128. The van der Waals surface area contributed by atoms with Gasteiger partial charge in [-0.15, -0.1) is 11.3 Å². The summed E-state index contributed by atoms with van der Waals surface area (Å²) in [6, 6.07) is 20.9. The Balaban J connectivity index is 1.60. The van der Waals surface area contributed by atoms with Crippen molar-refractivity contribution < 1.29 is 9.53 Å². The zero-order chi connectivity index (χ0) is 19.1. The highest BCUT2D eigenvalue weighted by molar-refractivity contribution is 7.12. The summed E-state index contributed by atoms with van der Waals surface area (Å²) in [4.78, 5) is 14.4. The molecule has 3 aromatic rings. The minimum Gasteiger partial charge on any atom is -0.423 e. The number of rotatable bonds is 6. The number of hydrogen-bond donors (Lipinski definition) is 0. The fourth-order valence-electron chi connectivity index (χ4n) is 2.62. The van der Waals surface area contributed by atoms with E-state index in [2.05, 4.69) is 19.1 Å². The predicted octanol–water partition coefficient (Wildman–Crippen LogP) is 5.86. The molecule has 1 heterocycles. The van der Waals surface area contributed by atoms with E-state index < -0.39 is 5.97 Å². The van der Waals surface area contributed by atoms with Crippen LogP contribution in [0.2, 0.25) is 0 Å². The Labute approximate surface area is 163 Å². The number of thiophene rings is 1. The van der Waals surface area contributed by atoms with E-state index in [-0.39, 0.29) is 0 Å². The zero-order valence-electron chi connectivity index (χ0n) is 15.0. The molecule has 0 aliphatic rings. The summed E-state index contributed by atoms with van der Waals surface area (Å²) in [5, 5.41) is 8.86. The first-order chi connectivity index (χ1) is 13.2. The van der Waals surface area contributed by atoms with Gasteiger partial charge in [0.1, 0.15) is 5.75 Å². The van der Waals surface area contributed by atoms with Gasteiger partial charge in [-0.1, -0.05) is 37.6 Å². The molecule has 0 unspecified atom stereocenters. The van der Waals surface area contributed by atoms with Crippen molar-refractivity contribution in [3.05, 3.63) is 82.1 Å². The standard InChI is InChI=1S/C23H19NO2S/c1-2-3-21-12-13-22(27-21)14-15-23(25)26-20-10-8-19(9-11-20)18-6-4-17(16-24)5-7-18/h4-15H,2-3H2,1H3. The van der Waals surface area contributed by atoms with E-state index in [4.69, 9.17) is 10.00 Å². The second-order valence-corrected chi connectivity index (χ2v) is 7.22. The maximum atomic E-state index is 12.0. The monoisotopic (exact) mass is 373 g/mol. The topological polar surface area (TPSA) is 50.1 Å². The van der Waals surface area contributed by atoms with Crippen molar-refractivity contribution in [1.82, 2.24) is 0 Å². The summed E-state index contributed by atoms with van der Waals surface area (Å²) in [5.74, 6) is 0.103. The minimum atomic E-state index is -0.397. The van der Waals surface area contributed by atoms with Crippen LogP contribution in [0.3, 0.4) is 0 Å². The largest absolute Gasteiger partial charge is 0.423 e. The molecule has 0 saturated carbocycles. The Morgan fingerprint density at radius 1 is 1.04 bits per heavy atom. The second-order valence-electron chi connectivity index (χ2n) is 6.02. The number of ether oxygens (including phenoxy) is 1. The molecule has 0 saturated heterocycles. The van der Waals surface area contributed by atoms with Crippen molar-refractivity contribution in [3.8, 4) is 22.9 Å². The van der Waals surface area contributed by atoms with Crippen LogP contribution in [0.5, 0.6) is 5.75 Å². The number of aryl methyl sites for hydroxylation is 1. The third kappa shape index (κ3) is 5.16. The van der Waals surface area contributed by atoms with Crippen molar-refractivity contribution in [1.29, 1.82) is 5.26 Å². The summed E-state index contributed by atoms with van der Waals surface area (Å²) in [5.41, 5.74) is 2.63. The number of nitrogens with zero attached hydrogens (tertiary/aromatic N) is 1. The van der Waals surface area contributed by atoms with Gasteiger partial charge in [-0.2, -0.15) is 5.26 Å². The molecule has 134 valence electrons. The summed E-state index contributed by atoms with van der Waals surface area (Å²) >= 11 is 1.69. The van der Waals surface area contributed by atoms with Crippen molar-refractivity contribution in [2.24, 2.45) is 0 Å². The van der Waals surface area contributed by atoms with E-state index in [1.54, 1.807) is 41.7 Å². The first-order valence-corrected chi connectivity index (χ1v) is 9.59. The Hall–Kier alpha value is -3.16. The van der Waals surface area contributed by atoms with Crippen LogP contribution in [0, 0.1) is 11.3 Å². The molecule has 0 spiro atoms. The predicted molar refractivity (Wildman–Crippen MR) is 110 cm³/mol. The first-order valence-electron chi connectivity index (χ1n) is 8.77. The van der Waals surface area contributed by atoms with Gasteiger partial charge in [-0.05, 0) is 60.0 Å². The van der Waals surface area contributed by atoms with E-state index in [1.807, 2.05) is 30.3 Å². The van der Waals surface area contributed by atoms with Crippen LogP contribution in [0.1, 0.15) is 28.7 Å². The maximum Gasteiger partial charge on any atom is 0.336 e. The van der Waals surface area contributed by atoms with E-state index in [0.29, 0.717) is 11.3 Å². The van der Waals surface area contributed by atoms with Gasteiger partial charge in [0.25, 0.3) is 0 Å². The molecule has 1 aromatic heterocycles. The normalized spacial score (nSPS) is 10.7. The number of benzene rings is 2. The second kappa shape index (κ2) is 8.98. The molecule has 0 atom stereocenters. The van der Waals surface area contributed by atoms with Crippen LogP contribution >= 0.6 is 11.3 Å². The van der Waals surface area contributed by atoms with Crippen LogP contribution in [0.4, 0.5) is 0 Å². The molecule has 0 radical (unpaired) electrons. The highest BCUT2D eigenvalue weighted by Crippen LogP contribution is 2.23. The lowest BCUT2D eigenvalue weighted by Gasteiger charge is -2.04. The molecule has 3 nitrogen and oxygen atoms in total. The molecule has 4 heteroatoms. The molecule has 0 fully saturated rings. The highest BCUT2D eigenvalue weighted by atomic mass is 32.1. The van der Waals surface area contributed by atoms with Crippen LogP contribution in [0.15, 0.2) is 66.7 Å². The van der Waals surface area contributed by atoms with Gasteiger partial charge in [0.05, 0.1) is 11.6 Å². The van der Waals surface area contributed by atoms with Gasteiger partial charge in [0.15, 0.2) is 0 Å². The minimum absolute atomic E-state index is 0.397. The Kier molecular flexibility index (Phi) is 6.19. The van der Waals surface area contributed by atoms with Crippen molar-refractivity contribution in [2.45, 2.75) is 19.8 Å². The molecule has 0 bridgehead atoms. The average Bonchev–Trinajstić information content (AvgIpc) is 3.15. The van der Waals surface area contributed by atoms with Gasteiger partial charge in [-0.25, -0.2) is 4.79 Å². The van der Waals surface area contributed by atoms with E-state index in [9.17, 15) is 4.79 Å². The third-order valence-corrected chi connectivity index (χ3v) is 5.09. The Morgan fingerprint density at radius 2 is 1.70 bits per heavy atom. The SMILES string of the molecule is CCCc1ccc(C=CC(=O)Oc2ccc(-c3ccc(C#N)cc3)cc2)s1. The van der Waals surface area contributed by atoms with Gasteiger partial charge in [-0.3, -0.25) is 0 Å². The maximum absolute atomic E-state index is 12.0. The number of hydrogen-bond acceptors (Lipinski definition) is 4. The molecular formula is C23H19NO2S. The van der Waals surface area contributed by atoms with Crippen molar-refractivity contribution in [3.63, 3.8) is 0 Å². The lowest BCUT2D eigenvalue weighted by Crippen LogP contribution is -2.03. The van der Waals surface area contributed by atoms with Crippen LogP contribution in [-0.4, -0.2) is 5.97 Å². The molecule has 0 N–H and O–H groups in total. The third-order valence-electron chi connectivity index (χ3n) is 3.98. The van der Waals surface area contributed by atoms with E-state index in [0.717, 1.165) is 28.8 Å². The fourth-order valence-corrected chi connectivity index (χ4v) is 3.64. The number of carbonyl (C=O) groups is 1. The van der Waals surface area contributed by atoms with Crippen molar-refractivity contribution in [2.75, 3.05) is 0 Å². The van der Waals surface area contributed by atoms with E-state index >= 15 is 0 Å². The number of nitriles is 1. The van der Waals surface area contributed by atoms with E-state index in [1.165, 1.54) is 11.0 Å². The quantitative estimate of drug-likeness (QED) is 0.309. The number of esters is 1. The van der Waals surface area contributed by atoms with Crippen LogP contribution in [0.25, 0.3) is 17.2 Å². The zero-order valence-corrected chi connectivity index (χ0v) is 15.8. The van der Waals surface area contributed by atoms with Crippen LogP contribution < -0.4 is 4.74 Å². The van der Waals surface area contributed by atoms with Gasteiger partial charge < -0.3 is 4.74 Å². The first kappa shape index (κ1) is 18.6. The summed E-state index contributed by atoms with van der Waals surface area (Å²) in [7, 11) is 0. The molecular weight excluding hydrogens is 354 g/mol. The smallest absolute Gasteiger partial charge is 0.336 e. The number of carbonyl (C=O) groups excluding carboxylic acids is 1. The Bertz CT molecular complexity index is 976. The summed E-state index contributed by atoms with van der Waals surface area (Å²) < 4.78 is 5.35. The average molecular weight is 373 g/mol. The molecule has 27 heavy (non-hydrogen) atoms. The lowest BCUT2D eigenvalue weighted by atomic mass is 10.0. The molecule has 2 aromatic carbocycles. The Morgan fingerprint density at radius 3 is 2.33 bits per heavy atom. The highest BCUT2D eigenvalue weighted by Gasteiger charge is 2.03. The molecule has 0 amide bonds. The molecule has 0 aliphatic heterocycles. The summed E-state index contributed by atoms with van der Waals surface area (Å²) in [6.45, 7) is 2.15. The molecule has 0 aliphatic carbocycles. The van der Waals surface area contributed by atoms with Crippen LogP contribution in [-0.2, 0) is 11.2 Å². The van der Waals surface area contributed by atoms with Crippen molar-refractivity contribution >= 4 is 23.4 Å². The molecule has 3 rings (SSSR count). The van der Waals surface area contributed by atoms with Gasteiger partial charge >= 0.3 is 5.97 Å².